The molecule has 0 spiro atoms. The molecule has 0 aromatic heterocycles. The molecule has 34 heavy (non-hydrogen) atoms. The summed E-state index contributed by atoms with van der Waals surface area (Å²) in [6.45, 7) is 0. The van der Waals surface area contributed by atoms with Crippen LogP contribution in [-0.2, 0) is 0 Å². The van der Waals surface area contributed by atoms with Gasteiger partial charge in [0.2, 0.25) is 0 Å². The second-order valence-electron chi connectivity index (χ2n) is 8.30. The molecule has 6 rings (SSSR count). The largest absolute Gasteiger partial charge is 0.0622 e. The molecule has 157 valence electrons. The Morgan fingerprint density at radius 2 is 0.824 bits per heavy atom. The van der Waals surface area contributed by atoms with Crippen LogP contribution in [0.4, 0.5) is 0 Å². The minimum Gasteiger partial charge on any atom is -0.0622 e. The molecule has 0 saturated heterocycles. The van der Waals surface area contributed by atoms with E-state index in [4.69, 9.17) is 0 Å². The molecule has 0 N–H and O–H groups in total. The van der Waals surface area contributed by atoms with E-state index in [2.05, 4.69) is 143 Å². The zero-order valence-electron chi connectivity index (χ0n) is 19.0. The van der Waals surface area contributed by atoms with Crippen LogP contribution in [0.3, 0.4) is 0 Å². The summed E-state index contributed by atoms with van der Waals surface area (Å²) in [5.41, 5.74) is 7.49. The summed E-state index contributed by atoms with van der Waals surface area (Å²) >= 11 is 3.64. The molecule has 0 heterocycles. The van der Waals surface area contributed by atoms with Crippen LogP contribution in [0.5, 0.6) is 0 Å². The third-order valence-corrected chi connectivity index (χ3v) is 6.80. The summed E-state index contributed by atoms with van der Waals surface area (Å²) in [6.07, 6.45) is 0. The summed E-state index contributed by atoms with van der Waals surface area (Å²) in [4.78, 5) is 0. The van der Waals surface area contributed by atoms with Gasteiger partial charge in [-0.15, -0.1) is 0 Å². The van der Waals surface area contributed by atoms with Crippen molar-refractivity contribution in [2.45, 2.75) is 0 Å². The van der Waals surface area contributed by atoms with Crippen molar-refractivity contribution in [3.63, 3.8) is 0 Å². The van der Waals surface area contributed by atoms with Crippen molar-refractivity contribution in [2.75, 3.05) is 0 Å². The van der Waals surface area contributed by atoms with Crippen LogP contribution < -0.4 is 0 Å². The first-order valence-electron chi connectivity index (χ1n) is 11.1. The monoisotopic (exact) mass is 507 g/mol. The van der Waals surface area contributed by atoms with Gasteiger partial charge in [0.05, 0.1) is 0 Å². The van der Waals surface area contributed by atoms with Crippen LogP contribution in [0.25, 0.3) is 54.9 Å². The van der Waals surface area contributed by atoms with E-state index in [1.165, 1.54) is 54.9 Å². The number of rotatable bonds is 3. The van der Waals surface area contributed by atoms with Gasteiger partial charge in [-0.3, -0.25) is 0 Å². The summed E-state index contributed by atoms with van der Waals surface area (Å²) in [5, 5.41) is 5.11. The average molecular weight is 508 g/mol. The Morgan fingerprint density at radius 3 is 1.41 bits per heavy atom. The maximum Gasteiger partial charge on any atom is 0.0181 e. The predicted molar refractivity (Wildman–Crippen MR) is 151 cm³/mol. The molecular formula is C32H21BrNa. The Bertz CT molecular complexity index is 1610. The van der Waals surface area contributed by atoms with Crippen molar-refractivity contribution in [1.82, 2.24) is 0 Å². The molecule has 6 aromatic carbocycles. The fourth-order valence-electron chi connectivity index (χ4n) is 4.86. The first-order valence-corrected chi connectivity index (χ1v) is 11.9. The van der Waals surface area contributed by atoms with Crippen LogP contribution in [-0.4, -0.2) is 29.6 Å². The van der Waals surface area contributed by atoms with Crippen molar-refractivity contribution < 1.29 is 0 Å². The second kappa shape index (κ2) is 9.90. The normalized spacial score (nSPS) is 10.9. The molecule has 0 fully saturated rings. The predicted octanol–water partition coefficient (Wildman–Crippen LogP) is 9.38. The zero-order valence-corrected chi connectivity index (χ0v) is 22.6. The van der Waals surface area contributed by atoms with Gasteiger partial charge in [-0.25, -0.2) is 0 Å². The van der Waals surface area contributed by atoms with Gasteiger partial charge >= 0.3 is 0 Å². The van der Waals surface area contributed by atoms with Crippen LogP contribution in [0.1, 0.15) is 0 Å². The Morgan fingerprint density at radius 1 is 0.353 bits per heavy atom. The maximum absolute atomic E-state index is 3.64. The van der Waals surface area contributed by atoms with E-state index < -0.39 is 0 Å². The van der Waals surface area contributed by atoms with Crippen LogP contribution in [0, 0.1) is 0 Å². The molecule has 0 bridgehead atoms. The van der Waals surface area contributed by atoms with Crippen LogP contribution in [0.15, 0.2) is 132 Å². The molecule has 0 aliphatic heterocycles. The molecule has 0 aliphatic carbocycles. The number of fused-ring (bicyclic) bond motifs is 2. The van der Waals surface area contributed by atoms with Gasteiger partial charge in [-0.05, 0) is 73.1 Å². The average Bonchev–Trinajstić information content (AvgIpc) is 2.88. The minimum absolute atomic E-state index is 0. The summed E-state index contributed by atoms with van der Waals surface area (Å²) in [7, 11) is 0. The molecule has 0 saturated carbocycles. The zero-order chi connectivity index (χ0) is 22.2. The SMILES string of the molecule is Brc1cccc(-c2ccc3c(-c4ccccc4)c4ccccc4c(-c4ccccc4)c3c2)c1.[Na]. The molecule has 6 aromatic rings. The van der Waals surface area contributed by atoms with E-state index in [9.17, 15) is 0 Å². The Labute approximate surface area is 230 Å². The van der Waals surface area contributed by atoms with E-state index in [0.717, 1.165) is 4.47 Å². The van der Waals surface area contributed by atoms with Gasteiger partial charge in [0.1, 0.15) is 0 Å². The standard InChI is InChI=1S/C32H21Br.Na/c33-26-15-9-14-24(20-26)25-18-19-29-30(21-25)32(23-12-5-2-6-13-23)28-17-8-7-16-27(28)31(29)22-10-3-1-4-11-22;/h1-21H;. The van der Waals surface area contributed by atoms with Crippen molar-refractivity contribution >= 4 is 67.0 Å². The third kappa shape index (κ3) is 4.15. The minimum atomic E-state index is 0. The van der Waals surface area contributed by atoms with Gasteiger partial charge < -0.3 is 0 Å². The molecule has 0 aliphatic rings. The van der Waals surface area contributed by atoms with Crippen molar-refractivity contribution in [2.24, 2.45) is 0 Å². The van der Waals surface area contributed by atoms with Crippen molar-refractivity contribution in [3.8, 4) is 33.4 Å². The van der Waals surface area contributed by atoms with Crippen molar-refractivity contribution in [3.05, 3.63) is 132 Å². The molecule has 0 nitrogen and oxygen atoms in total. The number of hydrogen-bond donors (Lipinski definition) is 0. The summed E-state index contributed by atoms with van der Waals surface area (Å²) < 4.78 is 1.09. The topological polar surface area (TPSA) is 0 Å². The summed E-state index contributed by atoms with van der Waals surface area (Å²) in [6, 6.07) is 45.8. The smallest absolute Gasteiger partial charge is 0.0181 e. The molecule has 1 radical (unpaired) electrons. The van der Waals surface area contributed by atoms with Crippen LogP contribution >= 0.6 is 15.9 Å². The first kappa shape index (κ1) is 23.1. The fourth-order valence-corrected chi connectivity index (χ4v) is 5.26. The van der Waals surface area contributed by atoms with Gasteiger partial charge in [0.15, 0.2) is 0 Å². The Hall–Kier alpha value is -2.68. The molecule has 0 unspecified atom stereocenters. The van der Waals surface area contributed by atoms with Crippen molar-refractivity contribution in [1.29, 1.82) is 0 Å². The first-order chi connectivity index (χ1) is 16.3. The molecule has 0 atom stereocenters. The Balaban J connectivity index is 0.00000241. The van der Waals surface area contributed by atoms with E-state index >= 15 is 0 Å². The maximum atomic E-state index is 3.64. The van der Waals surface area contributed by atoms with Gasteiger partial charge in [-0.1, -0.05) is 125 Å². The summed E-state index contributed by atoms with van der Waals surface area (Å²) in [5.74, 6) is 0. The van der Waals surface area contributed by atoms with E-state index in [-0.39, 0.29) is 29.6 Å². The van der Waals surface area contributed by atoms with Gasteiger partial charge in [0, 0.05) is 34.0 Å². The number of benzene rings is 6. The van der Waals surface area contributed by atoms with Crippen LogP contribution in [0.2, 0.25) is 0 Å². The van der Waals surface area contributed by atoms with E-state index in [1.807, 2.05) is 0 Å². The molecule has 2 heteroatoms. The number of halogens is 1. The number of hydrogen-bond acceptors (Lipinski definition) is 0. The van der Waals surface area contributed by atoms with E-state index in [1.54, 1.807) is 0 Å². The third-order valence-electron chi connectivity index (χ3n) is 6.31. The van der Waals surface area contributed by atoms with Gasteiger partial charge in [0.25, 0.3) is 0 Å². The quantitative estimate of drug-likeness (QED) is 0.165. The fraction of sp³-hybridized carbons (Fsp3) is 0. The molecule has 0 amide bonds. The van der Waals surface area contributed by atoms with Gasteiger partial charge in [-0.2, -0.15) is 0 Å². The van der Waals surface area contributed by atoms with E-state index in [0.29, 0.717) is 0 Å². The Kier molecular flexibility index (Phi) is 6.72. The molecular weight excluding hydrogens is 487 g/mol. The second-order valence-corrected chi connectivity index (χ2v) is 9.21.